The minimum absolute atomic E-state index is 1.35. The molecule has 0 aromatic carbocycles. The molecule has 34 heavy (non-hydrogen) atoms. The molecule has 0 N–H and O–H groups in total. The molecule has 0 saturated heterocycles. The average Bonchev–Trinajstić information content (AvgIpc) is 3.65. The number of hydrogen-bond donors (Lipinski definition) is 0. The van der Waals surface area contributed by atoms with Crippen LogP contribution in [0.4, 0.5) is 0 Å². The van der Waals surface area contributed by atoms with Gasteiger partial charge in [-0.15, -0.1) is 47.0 Å². The van der Waals surface area contributed by atoms with Crippen molar-refractivity contribution >= 4 is 165 Å². The zero-order valence-corrected chi connectivity index (χ0v) is 29.5. The molecule has 0 radical (unpaired) electrons. The van der Waals surface area contributed by atoms with E-state index in [1.807, 2.05) is 165 Å². The Bertz CT molecular complexity index is 1080. The Morgan fingerprint density at radius 1 is 0.529 bits per heavy atom. The maximum Gasteiger partial charge on any atom is 0.0717 e. The first-order chi connectivity index (χ1) is 16.6. The Morgan fingerprint density at radius 3 is 1.41 bits per heavy atom. The zero-order chi connectivity index (χ0) is 23.7. The summed E-state index contributed by atoms with van der Waals surface area (Å²) in [4.78, 5) is 0. The minimum Gasteiger partial charge on any atom is -0.121 e. The lowest BCUT2D eigenvalue weighted by atomic mass is 10.3. The van der Waals surface area contributed by atoms with E-state index in [0.29, 0.717) is 0 Å². The highest BCUT2D eigenvalue weighted by Crippen LogP contribution is 2.69. The highest BCUT2D eigenvalue weighted by atomic mass is 32.3. The fourth-order valence-corrected chi connectivity index (χ4v) is 21.0. The van der Waals surface area contributed by atoms with Crippen molar-refractivity contribution in [3.05, 3.63) is 75.2 Å². The Labute approximate surface area is 261 Å². The molecule has 5 aliphatic heterocycles. The maximum absolute atomic E-state index is 2.43. The van der Waals surface area contributed by atoms with E-state index in [0.717, 1.165) is 0 Å². The fourth-order valence-electron chi connectivity index (χ4n) is 2.70. The molecular weight excluding hydrogens is 689 g/mol. The number of hydrogen-bond acceptors (Lipinski definition) is 14. The third-order valence-corrected chi connectivity index (χ3v) is 22.6. The van der Waals surface area contributed by atoms with E-state index in [1.165, 1.54) is 52.2 Å². The molecular formula is C20H16S14. The van der Waals surface area contributed by atoms with E-state index in [2.05, 4.69) is 48.0 Å². The quantitative estimate of drug-likeness (QED) is 0.257. The van der Waals surface area contributed by atoms with Gasteiger partial charge in [-0.2, -0.15) is 0 Å². The number of allylic oxidation sites excluding steroid dienone is 3. The molecule has 0 unspecified atom stereocenters. The molecule has 0 aliphatic carbocycles. The van der Waals surface area contributed by atoms with Crippen molar-refractivity contribution < 1.29 is 0 Å². The van der Waals surface area contributed by atoms with E-state index in [-0.39, 0.29) is 0 Å². The van der Waals surface area contributed by atoms with Gasteiger partial charge < -0.3 is 0 Å². The zero-order valence-electron chi connectivity index (χ0n) is 18.0. The predicted octanol–water partition coefficient (Wildman–Crippen LogP) is 12.7. The van der Waals surface area contributed by atoms with Gasteiger partial charge in [-0.3, -0.25) is 0 Å². The Kier molecular flexibility index (Phi) is 11.2. The summed E-state index contributed by atoms with van der Waals surface area (Å²) >= 11 is 26.7. The fraction of sp³-hybridized carbons (Fsp3) is 0.200. The normalized spacial score (nSPS) is 22.4. The SMILES string of the molecule is CSC1=C(SC)SC(=CC(C=C2SC3=C(S2)SC(=C2SC=CS2)S3)=C2SC(SC)=C(SC)S2)S1. The van der Waals surface area contributed by atoms with Gasteiger partial charge in [0.15, 0.2) is 0 Å². The predicted molar refractivity (Wildman–Crippen MR) is 190 cm³/mol. The first-order valence-electron chi connectivity index (χ1n) is 9.33. The number of rotatable bonds is 6. The standard InChI is InChI=1S/C20H16S14/c1-21-13-14(22-2)28-10(27-13)7-9(12-31-15(23-3)16(24-4)32-12)8-11-29-19-20(30-11)34-18(33-19)17-25-5-6-26-17/h5-8H,1-4H3. The van der Waals surface area contributed by atoms with Crippen LogP contribution in [-0.4, -0.2) is 25.0 Å². The first kappa shape index (κ1) is 28.4. The molecule has 0 saturated carbocycles. The lowest BCUT2D eigenvalue weighted by molar-refractivity contribution is 1.74. The van der Waals surface area contributed by atoms with Gasteiger partial charge >= 0.3 is 0 Å². The van der Waals surface area contributed by atoms with E-state index in [9.17, 15) is 0 Å². The lowest BCUT2D eigenvalue weighted by Gasteiger charge is -2.08. The van der Waals surface area contributed by atoms with Gasteiger partial charge in [0.25, 0.3) is 0 Å². The van der Waals surface area contributed by atoms with Gasteiger partial charge in [-0.1, -0.05) is 118 Å². The van der Waals surface area contributed by atoms with Crippen LogP contribution in [0.5, 0.6) is 0 Å². The Morgan fingerprint density at radius 2 is 0.941 bits per heavy atom. The summed E-state index contributed by atoms with van der Waals surface area (Å²) < 4.78 is 15.7. The maximum atomic E-state index is 2.43. The molecule has 0 spiro atoms. The molecule has 14 heteroatoms. The Hall–Kier alpha value is 2.82. The molecule has 5 rings (SSSR count). The van der Waals surface area contributed by atoms with Crippen molar-refractivity contribution in [1.29, 1.82) is 0 Å². The monoisotopic (exact) mass is 704 g/mol. The highest BCUT2D eigenvalue weighted by Gasteiger charge is 2.33. The molecule has 5 aliphatic rings. The summed E-state index contributed by atoms with van der Waals surface area (Å²) in [5.41, 5.74) is 1.35. The van der Waals surface area contributed by atoms with Crippen molar-refractivity contribution in [3.63, 3.8) is 0 Å². The lowest BCUT2D eigenvalue weighted by Crippen LogP contribution is -1.80. The van der Waals surface area contributed by atoms with E-state index in [4.69, 9.17) is 0 Å². The van der Waals surface area contributed by atoms with Crippen molar-refractivity contribution in [2.45, 2.75) is 0 Å². The molecule has 0 bridgehead atoms. The molecule has 180 valence electrons. The molecule has 0 nitrogen and oxygen atoms in total. The molecule has 0 amide bonds. The second-order valence-corrected chi connectivity index (χ2v) is 22.3. The van der Waals surface area contributed by atoms with Gasteiger partial charge in [0.1, 0.15) is 0 Å². The van der Waals surface area contributed by atoms with Crippen LogP contribution in [0.25, 0.3) is 0 Å². The summed E-state index contributed by atoms with van der Waals surface area (Å²) in [5.74, 6) is 0. The summed E-state index contributed by atoms with van der Waals surface area (Å²) in [6, 6.07) is 0. The molecule has 0 aromatic rings. The average molecular weight is 705 g/mol. The Balaban J connectivity index is 1.39. The molecule has 0 atom stereocenters. The second-order valence-electron chi connectivity index (χ2n) is 6.11. The largest absolute Gasteiger partial charge is 0.121 e. The molecule has 5 heterocycles. The van der Waals surface area contributed by atoms with Crippen LogP contribution in [0.1, 0.15) is 0 Å². The van der Waals surface area contributed by atoms with Crippen molar-refractivity contribution in [3.8, 4) is 0 Å². The summed E-state index contributed by atoms with van der Waals surface area (Å²) in [6.07, 6.45) is 13.6. The smallest absolute Gasteiger partial charge is 0.0717 e. The second kappa shape index (κ2) is 13.5. The van der Waals surface area contributed by atoms with Crippen LogP contribution in [-0.2, 0) is 0 Å². The highest BCUT2D eigenvalue weighted by molar-refractivity contribution is 8.49. The van der Waals surface area contributed by atoms with Crippen LogP contribution in [0.15, 0.2) is 75.2 Å². The first-order valence-corrected chi connectivity index (χ1v) is 22.5. The third-order valence-electron chi connectivity index (χ3n) is 4.11. The molecule has 0 fully saturated rings. The number of thioether (sulfide) groups is 14. The van der Waals surface area contributed by atoms with Crippen LogP contribution < -0.4 is 0 Å². The van der Waals surface area contributed by atoms with Gasteiger partial charge in [-0.05, 0) is 53.6 Å². The van der Waals surface area contributed by atoms with Gasteiger partial charge in [0, 0.05) is 0 Å². The minimum atomic E-state index is 1.35. The summed E-state index contributed by atoms with van der Waals surface area (Å²) in [7, 11) is 0. The van der Waals surface area contributed by atoms with E-state index >= 15 is 0 Å². The van der Waals surface area contributed by atoms with Crippen LogP contribution in [0.3, 0.4) is 0 Å². The van der Waals surface area contributed by atoms with Crippen LogP contribution in [0, 0.1) is 0 Å². The molecule has 0 aromatic heterocycles. The van der Waals surface area contributed by atoms with Crippen molar-refractivity contribution in [2.24, 2.45) is 0 Å². The van der Waals surface area contributed by atoms with Crippen molar-refractivity contribution in [2.75, 3.05) is 25.0 Å². The van der Waals surface area contributed by atoms with Gasteiger partial charge in [0.05, 0.1) is 46.6 Å². The summed E-state index contributed by atoms with van der Waals surface area (Å²) in [5, 5.41) is 4.37. The van der Waals surface area contributed by atoms with Gasteiger partial charge in [0.2, 0.25) is 0 Å². The van der Waals surface area contributed by atoms with Crippen LogP contribution in [0.2, 0.25) is 0 Å². The third kappa shape index (κ3) is 6.58. The summed E-state index contributed by atoms with van der Waals surface area (Å²) in [6.45, 7) is 0. The van der Waals surface area contributed by atoms with E-state index < -0.39 is 0 Å². The topological polar surface area (TPSA) is 0 Å². The van der Waals surface area contributed by atoms with Crippen molar-refractivity contribution in [1.82, 2.24) is 0 Å². The van der Waals surface area contributed by atoms with Gasteiger partial charge in [-0.25, -0.2) is 0 Å². The van der Waals surface area contributed by atoms with Crippen LogP contribution >= 0.6 is 165 Å². The van der Waals surface area contributed by atoms with E-state index in [1.54, 1.807) is 0 Å².